The Morgan fingerprint density at radius 2 is 2.00 bits per heavy atom. The molecule has 3 nitrogen and oxygen atoms in total. The van der Waals surface area contributed by atoms with E-state index in [9.17, 15) is 5.11 Å². The predicted octanol–water partition coefficient (Wildman–Crippen LogP) is 1.94. The van der Waals surface area contributed by atoms with Crippen LogP contribution in [0.5, 0.6) is 11.5 Å². The molecule has 0 aromatic heterocycles. The minimum absolute atomic E-state index is 0.182. The van der Waals surface area contributed by atoms with E-state index in [1.165, 1.54) is 0 Å². The van der Waals surface area contributed by atoms with Crippen molar-refractivity contribution >= 4 is 0 Å². The van der Waals surface area contributed by atoms with Crippen LogP contribution < -0.4 is 4.74 Å². The maximum atomic E-state index is 9.75. The Morgan fingerprint density at radius 1 is 1.33 bits per heavy atom. The van der Waals surface area contributed by atoms with Crippen LogP contribution in [0, 0.1) is 13.8 Å². The smallest absolute Gasteiger partial charge is 0.163 e. The molecular weight excluding hydrogens is 192 g/mol. The van der Waals surface area contributed by atoms with Gasteiger partial charge >= 0.3 is 0 Å². The summed E-state index contributed by atoms with van der Waals surface area (Å²) in [6, 6.07) is 1.95. The van der Waals surface area contributed by atoms with E-state index in [4.69, 9.17) is 9.84 Å². The lowest BCUT2D eigenvalue weighted by atomic mass is 9.99. The zero-order valence-electron chi connectivity index (χ0n) is 9.50. The molecule has 0 aliphatic heterocycles. The Labute approximate surface area is 90.3 Å². The molecule has 0 bridgehead atoms. The Balaban J connectivity index is 3.12. The van der Waals surface area contributed by atoms with Gasteiger partial charge in [0.15, 0.2) is 11.5 Å². The van der Waals surface area contributed by atoms with Crippen LogP contribution in [0.2, 0.25) is 0 Å². The predicted molar refractivity (Wildman–Crippen MR) is 59.5 cm³/mol. The molecule has 0 saturated heterocycles. The van der Waals surface area contributed by atoms with Gasteiger partial charge in [-0.2, -0.15) is 0 Å². The molecule has 0 saturated carbocycles. The molecule has 0 unspecified atom stereocenters. The van der Waals surface area contributed by atoms with Gasteiger partial charge in [-0.25, -0.2) is 0 Å². The molecule has 0 spiro atoms. The number of aliphatic hydroxyl groups excluding tert-OH is 1. The number of aryl methyl sites for hydroxylation is 2. The SMILES string of the molecule is COc1c(C)c(CCCO)cc(C)c1O. The average molecular weight is 210 g/mol. The molecule has 1 aromatic carbocycles. The first-order chi connectivity index (χ1) is 7.11. The van der Waals surface area contributed by atoms with Gasteiger partial charge in [0.2, 0.25) is 0 Å². The monoisotopic (exact) mass is 210 g/mol. The fourth-order valence-corrected chi connectivity index (χ4v) is 1.72. The molecular formula is C12H18O3. The molecule has 0 amide bonds. The van der Waals surface area contributed by atoms with Gasteiger partial charge in [0.1, 0.15) is 0 Å². The van der Waals surface area contributed by atoms with E-state index in [-0.39, 0.29) is 12.4 Å². The van der Waals surface area contributed by atoms with Gasteiger partial charge in [-0.3, -0.25) is 0 Å². The van der Waals surface area contributed by atoms with Crippen LogP contribution >= 0.6 is 0 Å². The second kappa shape index (κ2) is 5.03. The summed E-state index contributed by atoms with van der Waals surface area (Å²) < 4.78 is 5.16. The molecule has 0 fully saturated rings. The van der Waals surface area contributed by atoms with E-state index in [0.717, 1.165) is 29.5 Å². The normalized spacial score (nSPS) is 10.4. The number of rotatable bonds is 4. The molecule has 15 heavy (non-hydrogen) atoms. The third-order valence-corrected chi connectivity index (χ3v) is 2.61. The van der Waals surface area contributed by atoms with Crippen LogP contribution in [0.3, 0.4) is 0 Å². The zero-order chi connectivity index (χ0) is 11.4. The van der Waals surface area contributed by atoms with Crippen LogP contribution in [-0.4, -0.2) is 23.9 Å². The van der Waals surface area contributed by atoms with E-state index >= 15 is 0 Å². The Morgan fingerprint density at radius 3 is 2.53 bits per heavy atom. The molecule has 0 radical (unpaired) electrons. The molecule has 1 aromatic rings. The highest BCUT2D eigenvalue weighted by Gasteiger charge is 2.12. The molecule has 0 aliphatic carbocycles. The highest BCUT2D eigenvalue weighted by atomic mass is 16.5. The highest BCUT2D eigenvalue weighted by molar-refractivity contribution is 5.53. The van der Waals surface area contributed by atoms with Crippen LogP contribution in [0.25, 0.3) is 0 Å². The van der Waals surface area contributed by atoms with Crippen LogP contribution in [0.4, 0.5) is 0 Å². The standard InChI is InChI=1S/C12H18O3/c1-8-7-10(5-4-6-13)9(2)12(15-3)11(8)14/h7,13-14H,4-6H2,1-3H3. The number of aliphatic hydroxyl groups is 1. The Kier molecular flexibility index (Phi) is 3.97. The fourth-order valence-electron chi connectivity index (χ4n) is 1.72. The Hall–Kier alpha value is -1.22. The van der Waals surface area contributed by atoms with Gasteiger partial charge in [-0.15, -0.1) is 0 Å². The highest BCUT2D eigenvalue weighted by Crippen LogP contribution is 2.35. The van der Waals surface area contributed by atoms with Crippen molar-refractivity contribution in [3.05, 3.63) is 22.8 Å². The van der Waals surface area contributed by atoms with Crippen LogP contribution in [0.1, 0.15) is 23.1 Å². The second-order valence-electron chi connectivity index (χ2n) is 3.69. The number of aromatic hydroxyl groups is 1. The summed E-state index contributed by atoms with van der Waals surface area (Å²) in [6.07, 6.45) is 1.54. The fraction of sp³-hybridized carbons (Fsp3) is 0.500. The number of phenolic OH excluding ortho intramolecular Hbond substituents is 1. The second-order valence-corrected chi connectivity index (χ2v) is 3.69. The van der Waals surface area contributed by atoms with Crippen molar-refractivity contribution in [2.75, 3.05) is 13.7 Å². The lowest BCUT2D eigenvalue weighted by Gasteiger charge is -2.14. The van der Waals surface area contributed by atoms with Gasteiger partial charge in [0.25, 0.3) is 0 Å². The van der Waals surface area contributed by atoms with Crippen molar-refractivity contribution in [2.45, 2.75) is 26.7 Å². The number of methoxy groups -OCH3 is 1. The first-order valence-corrected chi connectivity index (χ1v) is 5.08. The lowest BCUT2D eigenvalue weighted by Crippen LogP contribution is -1.98. The summed E-state index contributed by atoms with van der Waals surface area (Å²) in [5.41, 5.74) is 2.88. The molecule has 0 heterocycles. The third-order valence-electron chi connectivity index (χ3n) is 2.61. The topological polar surface area (TPSA) is 49.7 Å². The largest absolute Gasteiger partial charge is 0.504 e. The van der Waals surface area contributed by atoms with Crippen molar-refractivity contribution in [2.24, 2.45) is 0 Å². The van der Waals surface area contributed by atoms with Crippen molar-refractivity contribution in [1.82, 2.24) is 0 Å². The maximum Gasteiger partial charge on any atom is 0.163 e. The van der Waals surface area contributed by atoms with E-state index < -0.39 is 0 Å². The zero-order valence-corrected chi connectivity index (χ0v) is 9.50. The van der Waals surface area contributed by atoms with Gasteiger partial charge in [-0.05, 0) is 43.4 Å². The number of phenols is 1. The van der Waals surface area contributed by atoms with Gasteiger partial charge in [0, 0.05) is 6.61 Å². The molecule has 2 N–H and O–H groups in total. The summed E-state index contributed by atoms with van der Waals surface area (Å²) in [5.74, 6) is 0.755. The van der Waals surface area contributed by atoms with E-state index in [1.807, 2.05) is 19.9 Å². The molecule has 84 valence electrons. The van der Waals surface area contributed by atoms with Gasteiger partial charge < -0.3 is 14.9 Å². The van der Waals surface area contributed by atoms with E-state index in [1.54, 1.807) is 7.11 Å². The summed E-state index contributed by atoms with van der Waals surface area (Å²) in [4.78, 5) is 0. The minimum Gasteiger partial charge on any atom is -0.504 e. The summed E-state index contributed by atoms with van der Waals surface area (Å²) in [5, 5.41) is 18.5. The maximum absolute atomic E-state index is 9.75. The summed E-state index contributed by atoms with van der Waals surface area (Å²) in [7, 11) is 1.55. The van der Waals surface area contributed by atoms with Crippen molar-refractivity contribution in [3.63, 3.8) is 0 Å². The number of hydrogen-bond donors (Lipinski definition) is 2. The van der Waals surface area contributed by atoms with Crippen LogP contribution in [0.15, 0.2) is 6.07 Å². The van der Waals surface area contributed by atoms with Crippen molar-refractivity contribution in [1.29, 1.82) is 0 Å². The molecule has 0 aliphatic rings. The first kappa shape index (κ1) is 11.9. The summed E-state index contributed by atoms with van der Waals surface area (Å²) >= 11 is 0. The molecule has 1 rings (SSSR count). The van der Waals surface area contributed by atoms with Crippen LogP contribution in [-0.2, 0) is 6.42 Å². The Bertz CT molecular complexity index is 345. The third kappa shape index (κ3) is 2.42. The number of benzene rings is 1. The van der Waals surface area contributed by atoms with Crippen molar-refractivity contribution < 1.29 is 14.9 Å². The van der Waals surface area contributed by atoms with Gasteiger partial charge in [-0.1, -0.05) is 6.07 Å². The summed E-state index contributed by atoms with van der Waals surface area (Å²) in [6.45, 7) is 3.95. The molecule has 3 heteroatoms. The number of ether oxygens (including phenoxy) is 1. The molecule has 0 atom stereocenters. The quantitative estimate of drug-likeness (QED) is 0.798. The van der Waals surface area contributed by atoms with E-state index in [2.05, 4.69) is 0 Å². The van der Waals surface area contributed by atoms with Gasteiger partial charge in [0.05, 0.1) is 7.11 Å². The first-order valence-electron chi connectivity index (χ1n) is 5.08. The van der Waals surface area contributed by atoms with Crippen molar-refractivity contribution in [3.8, 4) is 11.5 Å². The number of hydrogen-bond acceptors (Lipinski definition) is 3. The minimum atomic E-state index is 0.182. The lowest BCUT2D eigenvalue weighted by molar-refractivity contribution is 0.288. The average Bonchev–Trinajstić information content (AvgIpc) is 2.22. The van der Waals surface area contributed by atoms with E-state index in [0.29, 0.717) is 5.75 Å².